The topological polar surface area (TPSA) is 86.6 Å². The number of alkyl halides is 3. The molecule has 0 aromatic heterocycles. The second-order valence-electron chi connectivity index (χ2n) is 10.8. The van der Waals surface area contributed by atoms with Crippen LogP contribution in [0.4, 0.5) is 18.9 Å². The number of rotatable bonds is 10. The Hall–Kier alpha value is -4.01. The Kier molecular flexibility index (Phi) is 9.49. The third-order valence-corrected chi connectivity index (χ3v) is 7.57. The number of carbonyl (C=O) groups is 2. The first-order valence-electron chi connectivity index (χ1n) is 13.5. The first-order valence-corrected chi connectivity index (χ1v) is 13.5. The van der Waals surface area contributed by atoms with E-state index in [1.807, 2.05) is 6.07 Å². The van der Waals surface area contributed by atoms with Crippen LogP contribution in [0.1, 0.15) is 54.3 Å². The number of halogens is 3. The molecule has 0 saturated carbocycles. The average Bonchev–Trinajstić information content (AvgIpc) is 3.50. The molecule has 0 bridgehead atoms. The molecular formula is C31H36F3N5O3. The molecular weight excluding hydrogens is 547 g/mol. The Labute approximate surface area is 245 Å². The predicted octanol–water partition coefficient (Wildman–Crippen LogP) is 4.71. The number of hydrogen-bond acceptors (Lipinski definition) is 6. The quantitative estimate of drug-likeness (QED) is 0.250. The zero-order valence-electron chi connectivity index (χ0n) is 24.0. The first kappa shape index (κ1) is 30.9. The van der Waals surface area contributed by atoms with E-state index in [4.69, 9.17) is 4.74 Å². The minimum Gasteiger partial charge on any atom is -0.384 e. The zero-order chi connectivity index (χ0) is 30.5. The van der Waals surface area contributed by atoms with Gasteiger partial charge in [-0.1, -0.05) is 18.1 Å². The van der Waals surface area contributed by atoms with Crippen molar-refractivity contribution in [1.82, 2.24) is 10.2 Å². The number of anilines is 1. The van der Waals surface area contributed by atoms with E-state index in [1.165, 1.54) is 4.90 Å². The van der Waals surface area contributed by atoms with Crippen molar-refractivity contribution in [3.63, 3.8) is 0 Å². The van der Waals surface area contributed by atoms with Gasteiger partial charge >= 0.3 is 6.18 Å². The van der Waals surface area contributed by atoms with Gasteiger partial charge < -0.3 is 19.9 Å². The number of fused-ring (bicyclic) bond motifs is 1. The Morgan fingerprint density at radius 3 is 2.74 bits per heavy atom. The van der Waals surface area contributed by atoms with Crippen molar-refractivity contribution < 1.29 is 28.9 Å². The zero-order valence-corrected chi connectivity index (χ0v) is 24.0. The van der Waals surface area contributed by atoms with Gasteiger partial charge in [0.05, 0.1) is 18.7 Å². The van der Waals surface area contributed by atoms with E-state index in [9.17, 15) is 22.8 Å². The fourth-order valence-electron chi connectivity index (χ4n) is 5.70. The van der Waals surface area contributed by atoms with Crippen LogP contribution in [0, 0.1) is 17.3 Å². The minimum absolute atomic E-state index is 0. The Morgan fingerprint density at radius 1 is 1.26 bits per heavy atom. The number of benzene rings is 2. The van der Waals surface area contributed by atoms with Crippen LogP contribution in [-0.2, 0) is 35.2 Å². The van der Waals surface area contributed by atoms with Crippen LogP contribution in [0.5, 0.6) is 0 Å². The van der Waals surface area contributed by atoms with Gasteiger partial charge in [-0.05, 0) is 67.1 Å². The largest absolute Gasteiger partial charge is 0.416 e. The van der Waals surface area contributed by atoms with Gasteiger partial charge in [-0.15, -0.1) is 0 Å². The van der Waals surface area contributed by atoms with Crippen LogP contribution in [0.3, 0.4) is 0 Å². The monoisotopic (exact) mass is 583 g/mol. The van der Waals surface area contributed by atoms with E-state index >= 15 is 0 Å². The summed E-state index contributed by atoms with van der Waals surface area (Å²) in [6.45, 7) is 8.43. The van der Waals surface area contributed by atoms with Gasteiger partial charge in [-0.25, -0.2) is 0 Å². The highest BCUT2D eigenvalue weighted by atomic mass is 19.4. The summed E-state index contributed by atoms with van der Waals surface area (Å²) >= 11 is 0. The molecule has 8 nitrogen and oxygen atoms in total. The van der Waals surface area contributed by atoms with Crippen molar-refractivity contribution in [3.8, 4) is 11.8 Å². The second-order valence-corrected chi connectivity index (χ2v) is 10.8. The molecule has 2 aliphatic heterocycles. The molecule has 0 unspecified atom stereocenters. The lowest BCUT2D eigenvalue weighted by atomic mass is 9.88. The number of carbonyl (C=O) groups excluding carboxylic acids is 2. The molecule has 2 aromatic carbocycles. The molecule has 2 heterocycles. The van der Waals surface area contributed by atoms with Crippen molar-refractivity contribution in [3.05, 3.63) is 64.2 Å². The Bertz CT molecular complexity index is 1470. The summed E-state index contributed by atoms with van der Waals surface area (Å²) in [7, 11) is 1.58. The fraction of sp³-hybridized carbons (Fsp3) is 0.419. The van der Waals surface area contributed by atoms with Gasteiger partial charge in [0.2, 0.25) is 0 Å². The van der Waals surface area contributed by atoms with Crippen molar-refractivity contribution in [2.75, 3.05) is 38.3 Å². The van der Waals surface area contributed by atoms with Gasteiger partial charge in [-0.3, -0.25) is 9.59 Å². The van der Waals surface area contributed by atoms with Crippen LogP contribution in [0.2, 0.25) is 0 Å². The number of ether oxygens (including phenoxy) is 1. The standard InChI is InChI=1S/C31H34F3N5O3.H2/c1-5-7-28(40)38-11-10-30(19-38,20-42-4)18-36-16-23-14-25-26(27(15-23)31(32,33)34)17-39(29(25)41)24-9-6-8-22(13-24)12-21(2)37-35-3;/h6,8-9,13-15,36H,3,10-12,16-20H2,1-2,4H3;1H/b37-21+;/t30-;/m0./s1. The molecule has 0 radical (unpaired) electrons. The number of hydrogen-bond donors (Lipinski definition) is 1. The Balaban J connectivity index is 0.00000506. The number of nitrogens with one attached hydrogen (secondary N) is 1. The third kappa shape index (κ3) is 6.89. The summed E-state index contributed by atoms with van der Waals surface area (Å²) < 4.78 is 48.1. The SMILES string of the molecule is C=N/N=C(\C)Cc1cccc(N2Cc3c(cc(CNC[C@@]4(COC)CCN(C(=O)C#CC)C4)cc3C(F)(F)F)C2=O)c1.[HH]. The molecule has 2 aliphatic rings. The molecule has 1 N–H and O–H groups in total. The summed E-state index contributed by atoms with van der Waals surface area (Å²) in [6, 6.07) is 9.76. The lowest BCUT2D eigenvalue weighted by Crippen LogP contribution is -2.41. The van der Waals surface area contributed by atoms with E-state index in [-0.39, 0.29) is 31.6 Å². The first-order chi connectivity index (χ1) is 20.0. The molecule has 0 aliphatic carbocycles. The van der Waals surface area contributed by atoms with Crippen LogP contribution in [-0.4, -0.2) is 62.5 Å². The van der Waals surface area contributed by atoms with Crippen molar-refractivity contribution in [2.45, 2.75) is 46.0 Å². The van der Waals surface area contributed by atoms with E-state index in [1.54, 1.807) is 50.1 Å². The number of nitrogens with zero attached hydrogens (tertiary/aromatic N) is 4. The molecule has 11 heteroatoms. The minimum atomic E-state index is -4.63. The highest BCUT2D eigenvalue weighted by molar-refractivity contribution is 6.10. The lowest BCUT2D eigenvalue weighted by Gasteiger charge is -2.28. The van der Waals surface area contributed by atoms with E-state index in [0.717, 1.165) is 11.6 Å². The Morgan fingerprint density at radius 2 is 2.05 bits per heavy atom. The molecule has 4 rings (SSSR count). The molecule has 224 valence electrons. The maximum absolute atomic E-state index is 14.2. The van der Waals surface area contributed by atoms with Gasteiger partial charge in [0.15, 0.2) is 0 Å². The summed E-state index contributed by atoms with van der Waals surface area (Å²) in [5, 5.41) is 10.7. The van der Waals surface area contributed by atoms with Crippen LogP contribution >= 0.6 is 0 Å². The average molecular weight is 584 g/mol. The van der Waals surface area contributed by atoms with E-state index in [0.29, 0.717) is 56.0 Å². The maximum atomic E-state index is 14.2. The maximum Gasteiger partial charge on any atom is 0.416 e. The van der Waals surface area contributed by atoms with Crippen molar-refractivity contribution in [2.24, 2.45) is 15.6 Å². The van der Waals surface area contributed by atoms with Gasteiger partial charge in [0.1, 0.15) is 0 Å². The highest BCUT2D eigenvalue weighted by Crippen LogP contribution is 2.40. The summed E-state index contributed by atoms with van der Waals surface area (Å²) in [5.74, 6) is 4.43. The van der Waals surface area contributed by atoms with Gasteiger partial charge in [0, 0.05) is 70.2 Å². The summed E-state index contributed by atoms with van der Waals surface area (Å²) in [6.07, 6.45) is -3.49. The lowest BCUT2D eigenvalue weighted by molar-refractivity contribution is -0.138. The van der Waals surface area contributed by atoms with Crippen molar-refractivity contribution in [1.29, 1.82) is 0 Å². The number of amides is 2. The molecule has 1 fully saturated rings. The molecule has 1 saturated heterocycles. The predicted molar refractivity (Wildman–Crippen MR) is 158 cm³/mol. The van der Waals surface area contributed by atoms with E-state index in [2.05, 4.69) is 34.1 Å². The normalized spacial score (nSPS) is 18.6. The van der Waals surface area contributed by atoms with Crippen LogP contribution in [0.15, 0.2) is 46.6 Å². The molecule has 2 aromatic rings. The fourth-order valence-corrected chi connectivity index (χ4v) is 5.70. The van der Waals surface area contributed by atoms with Crippen LogP contribution < -0.4 is 10.2 Å². The summed E-state index contributed by atoms with van der Waals surface area (Å²) in [4.78, 5) is 28.8. The smallest absolute Gasteiger partial charge is 0.384 e. The molecule has 42 heavy (non-hydrogen) atoms. The molecule has 2 amide bonds. The van der Waals surface area contributed by atoms with Crippen molar-refractivity contribution >= 4 is 29.9 Å². The van der Waals surface area contributed by atoms with E-state index < -0.39 is 23.1 Å². The second kappa shape index (κ2) is 12.9. The van der Waals surface area contributed by atoms with Gasteiger partial charge in [0.25, 0.3) is 11.8 Å². The third-order valence-electron chi connectivity index (χ3n) is 7.57. The molecule has 0 spiro atoms. The highest BCUT2D eigenvalue weighted by Gasteiger charge is 2.41. The number of likely N-dealkylation sites (tertiary alicyclic amines) is 1. The molecule has 1 atom stereocenters. The summed E-state index contributed by atoms with van der Waals surface area (Å²) in [5.41, 5.74) is 1.22. The number of methoxy groups -OCH3 is 1. The van der Waals surface area contributed by atoms with Crippen LogP contribution in [0.25, 0.3) is 0 Å². The van der Waals surface area contributed by atoms with Gasteiger partial charge in [-0.2, -0.15) is 23.4 Å².